The van der Waals surface area contributed by atoms with E-state index >= 15 is 0 Å². The quantitative estimate of drug-likeness (QED) is 0.782. The average Bonchev–Trinajstić information content (AvgIpc) is 2.59. The number of hydrogen-bond acceptors (Lipinski definition) is 3. The molecule has 6 heteroatoms. The molecule has 86 valence electrons. The van der Waals surface area contributed by atoms with E-state index < -0.39 is 10.0 Å². The van der Waals surface area contributed by atoms with Crippen molar-refractivity contribution in [3.63, 3.8) is 0 Å². The summed E-state index contributed by atoms with van der Waals surface area (Å²) in [5, 5.41) is 0. The van der Waals surface area contributed by atoms with E-state index in [9.17, 15) is 8.42 Å². The molecule has 0 saturated carbocycles. The summed E-state index contributed by atoms with van der Waals surface area (Å²) >= 11 is 5.42. The third-order valence-electron chi connectivity index (χ3n) is 1.81. The van der Waals surface area contributed by atoms with E-state index in [-0.39, 0.29) is 12.3 Å². The first kappa shape index (κ1) is 12.5. The molecule has 15 heavy (non-hydrogen) atoms. The molecule has 0 amide bonds. The van der Waals surface area contributed by atoms with Crippen LogP contribution >= 0.6 is 11.6 Å². The maximum Gasteiger partial charge on any atom is 0.212 e. The van der Waals surface area contributed by atoms with Gasteiger partial charge in [0.2, 0.25) is 10.0 Å². The highest BCUT2D eigenvalue weighted by molar-refractivity contribution is 7.89. The summed E-state index contributed by atoms with van der Waals surface area (Å²) in [6, 6.07) is 3.54. The largest absolute Gasteiger partial charge is 0.465 e. The van der Waals surface area contributed by atoms with Gasteiger partial charge in [-0.15, -0.1) is 11.6 Å². The second-order valence-corrected chi connectivity index (χ2v) is 5.50. The van der Waals surface area contributed by atoms with E-state index in [4.69, 9.17) is 16.0 Å². The maximum atomic E-state index is 11.4. The lowest BCUT2D eigenvalue weighted by Crippen LogP contribution is -2.25. The molecule has 0 aromatic carbocycles. The molecule has 4 nitrogen and oxygen atoms in total. The van der Waals surface area contributed by atoms with Crippen LogP contribution in [0.25, 0.3) is 0 Å². The predicted molar refractivity (Wildman–Crippen MR) is 59.4 cm³/mol. The fraction of sp³-hybridized carbons (Fsp3) is 0.556. The Balaban J connectivity index is 2.42. The van der Waals surface area contributed by atoms with Crippen LogP contribution in [-0.2, 0) is 16.6 Å². The van der Waals surface area contributed by atoms with E-state index in [0.29, 0.717) is 18.1 Å². The van der Waals surface area contributed by atoms with Crippen molar-refractivity contribution >= 4 is 21.6 Å². The van der Waals surface area contributed by atoms with Crippen molar-refractivity contribution in [2.45, 2.75) is 19.9 Å². The van der Waals surface area contributed by atoms with Gasteiger partial charge in [-0.05, 0) is 25.5 Å². The van der Waals surface area contributed by atoms with Crippen molar-refractivity contribution < 1.29 is 12.8 Å². The average molecular weight is 252 g/mol. The summed E-state index contributed by atoms with van der Waals surface area (Å²) in [6.07, 6.45) is 0.452. The zero-order valence-electron chi connectivity index (χ0n) is 8.49. The van der Waals surface area contributed by atoms with Crippen LogP contribution in [-0.4, -0.2) is 20.1 Å². The topological polar surface area (TPSA) is 59.3 Å². The summed E-state index contributed by atoms with van der Waals surface area (Å²) in [7, 11) is -3.23. The molecule has 1 N–H and O–H groups in total. The molecule has 0 saturated heterocycles. The van der Waals surface area contributed by atoms with Crippen molar-refractivity contribution in [3.8, 4) is 0 Å². The number of hydrogen-bond donors (Lipinski definition) is 1. The minimum absolute atomic E-state index is 0.0518. The molecule has 0 fully saturated rings. The normalized spacial score (nSPS) is 11.9. The highest BCUT2D eigenvalue weighted by atomic mass is 35.5. The summed E-state index contributed by atoms with van der Waals surface area (Å²) < 4.78 is 30.4. The van der Waals surface area contributed by atoms with Crippen LogP contribution in [0.15, 0.2) is 16.5 Å². The molecular formula is C9H14ClNO3S. The number of nitrogens with one attached hydrogen (secondary N) is 1. The molecule has 1 aromatic rings. The summed E-state index contributed by atoms with van der Waals surface area (Å²) in [5.41, 5.74) is 0. The SMILES string of the molecule is Cc1ccc(CNS(=O)(=O)CCCCl)o1. The van der Waals surface area contributed by atoms with Gasteiger partial charge < -0.3 is 4.42 Å². The number of halogens is 1. The Bertz CT molecular complexity index is 399. The van der Waals surface area contributed by atoms with Crippen molar-refractivity contribution in [1.82, 2.24) is 4.72 Å². The molecule has 0 spiro atoms. The monoisotopic (exact) mass is 251 g/mol. The summed E-state index contributed by atoms with van der Waals surface area (Å²) in [6.45, 7) is 2.00. The van der Waals surface area contributed by atoms with E-state index in [2.05, 4.69) is 4.72 Å². The van der Waals surface area contributed by atoms with Gasteiger partial charge in [-0.1, -0.05) is 0 Å². The van der Waals surface area contributed by atoms with Gasteiger partial charge in [-0.3, -0.25) is 0 Å². The minimum Gasteiger partial charge on any atom is -0.465 e. The number of furan rings is 1. The summed E-state index contributed by atoms with van der Waals surface area (Å²) in [4.78, 5) is 0. The number of sulfonamides is 1. The van der Waals surface area contributed by atoms with Gasteiger partial charge in [0.1, 0.15) is 11.5 Å². The van der Waals surface area contributed by atoms with E-state index in [1.165, 1.54) is 0 Å². The lowest BCUT2D eigenvalue weighted by molar-refractivity contribution is 0.475. The molecular weight excluding hydrogens is 238 g/mol. The van der Waals surface area contributed by atoms with Crippen LogP contribution in [0.2, 0.25) is 0 Å². The van der Waals surface area contributed by atoms with Crippen molar-refractivity contribution in [2.24, 2.45) is 0 Å². The lowest BCUT2D eigenvalue weighted by atomic mass is 10.4. The Morgan fingerprint density at radius 3 is 2.73 bits per heavy atom. The van der Waals surface area contributed by atoms with Crippen molar-refractivity contribution in [1.29, 1.82) is 0 Å². The number of alkyl halides is 1. The van der Waals surface area contributed by atoms with Crippen LogP contribution in [0.3, 0.4) is 0 Å². The van der Waals surface area contributed by atoms with Gasteiger partial charge in [-0.2, -0.15) is 0 Å². The predicted octanol–water partition coefficient (Wildman–Crippen LogP) is 1.64. The zero-order chi connectivity index (χ0) is 11.3. The second-order valence-electron chi connectivity index (χ2n) is 3.19. The van der Waals surface area contributed by atoms with Crippen LogP contribution < -0.4 is 4.72 Å². The van der Waals surface area contributed by atoms with Crippen LogP contribution in [0.4, 0.5) is 0 Å². The summed E-state index contributed by atoms with van der Waals surface area (Å²) in [5.74, 6) is 1.78. The Morgan fingerprint density at radius 1 is 1.47 bits per heavy atom. The molecule has 1 rings (SSSR count). The Morgan fingerprint density at radius 2 is 2.20 bits per heavy atom. The molecule has 0 aliphatic carbocycles. The maximum absolute atomic E-state index is 11.4. The van der Waals surface area contributed by atoms with Crippen molar-refractivity contribution in [2.75, 3.05) is 11.6 Å². The van der Waals surface area contributed by atoms with Gasteiger partial charge in [-0.25, -0.2) is 13.1 Å². The van der Waals surface area contributed by atoms with E-state index in [0.717, 1.165) is 5.76 Å². The Kier molecular flexibility index (Phi) is 4.63. The first-order valence-corrected chi connectivity index (χ1v) is 6.81. The lowest BCUT2D eigenvalue weighted by Gasteiger charge is -2.03. The first-order chi connectivity index (χ1) is 7.03. The first-order valence-electron chi connectivity index (χ1n) is 4.62. The number of rotatable bonds is 6. The smallest absolute Gasteiger partial charge is 0.212 e. The zero-order valence-corrected chi connectivity index (χ0v) is 10.1. The third kappa shape index (κ3) is 4.68. The van der Waals surface area contributed by atoms with Crippen molar-refractivity contribution in [3.05, 3.63) is 23.7 Å². The molecule has 0 atom stereocenters. The third-order valence-corrected chi connectivity index (χ3v) is 3.49. The van der Waals surface area contributed by atoms with Crippen LogP contribution in [0.1, 0.15) is 17.9 Å². The molecule has 0 aliphatic heterocycles. The standard InChI is InChI=1S/C9H14ClNO3S/c1-8-3-4-9(14-8)7-11-15(12,13)6-2-5-10/h3-4,11H,2,5-7H2,1H3. The van der Waals surface area contributed by atoms with Crippen LogP contribution in [0.5, 0.6) is 0 Å². The van der Waals surface area contributed by atoms with Gasteiger partial charge in [0.25, 0.3) is 0 Å². The molecule has 0 bridgehead atoms. The molecule has 0 aliphatic rings. The fourth-order valence-electron chi connectivity index (χ4n) is 1.08. The van der Waals surface area contributed by atoms with Crippen LogP contribution in [0, 0.1) is 6.92 Å². The van der Waals surface area contributed by atoms with Gasteiger partial charge in [0.15, 0.2) is 0 Å². The van der Waals surface area contributed by atoms with Gasteiger partial charge in [0.05, 0.1) is 12.3 Å². The highest BCUT2D eigenvalue weighted by Gasteiger charge is 2.10. The van der Waals surface area contributed by atoms with Gasteiger partial charge in [0, 0.05) is 5.88 Å². The van der Waals surface area contributed by atoms with E-state index in [1.54, 1.807) is 12.1 Å². The molecule has 1 heterocycles. The second kappa shape index (κ2) is 5.53. The number of aryl methyl sites for hydroxylation is 1. The van der Waals surface area contributed by atoms with Gasteiger partial charge >= 0.3 is 0 Å². The highest BCUT2D eigenvalue weighted by Crippen LogP contribution is 2.06. The molecule has 1 aromatic heterocycles. The molecule has 0 radical (unpaired) electrons. The van der Waals surface area contributed by atoms with E-state index in [1.807, 2.05) is 6.92 Å². The molecule has 0 unspecified atom stereocenters. The fourth-order valence-corrected chi connectivity index (χ4v) is 2.40. The Labute approximate surface area is 94.7 Å². The Hall–Kier alpha value is -0.520. The minimum atomic E-state index is -3.23.